The van der Waals surface area contributed by atoms with Crippen molar-refractivity contribution in [2.75, 3.05) is 23.4 Å². The highest BCUT2D eigenvalue weighted by Crippen LogP contribution is 2.32. The van der Waals surface area contributed by atoms with Crippen molar-refractivity contribution in [3.63, 3.8) is 0 Å². The van der Waals surface area contributed by atoms with Crippen LogP contribution in [0, 0.1) is 0 Å². The fraction of sp³-hybridized carbons (Fsp3) is 0.333. The predicted octanol–water partition coefficient (Wildman–Crippen LogP) is 5.62. The van der Waals surface area contributed by atoms with Crippen molar-refractivity contribution in [3.8, 4) is 16.3 Å². The summed E-state index contributed by atoms with van der Waals surface area (Å²) in [6, 6.07) is 16.3. The second-order valence-corrected chi connectivity index (χ2v) is 8.08. The number of hydrogen-bond acceptors (Lipinski definition) is 5. The third-order valence-electron chi connectivity index (χ3n) is 4.76. The van der Waals surface area contributed by atoms with Crippen LogP contribution >= 0.6 is 11.3 Å². The standard InChI is InChI=1S/C24H29N3O2S/c1-5-27(17(3)4)20-13-11-18(12-14-20)25-23(28)15-19-16-30-24(26-19)21-9-7-8-10-22(21)29-6-2/h7-14,16-17H,5-6,15H2,1-4H3,(H,25,28). The largest absolute Gasteiger partial charge is 0.493 e. The number of rotatable bonds is 9. The summed E-state index contributed by atoms with van der Waals surface area (Å²) in [6.45, 7) is 10.0. The molecule has 6 heteroatoms. The van der Waals surface area contributed by atoms with E-state index in [0.29, 0.717) is 12.6 Å². The summed E-state index contributed by atoms with van der Waals surface area (Å²) in [5.41, 5.74) is 3.66. The van der Waals surface area contributed by atoms with Crippen molar-refractivity contribution >= 4 is 28.6 Å². The molecular weight excluding hydrogens is 394 g/mol. The van der Waals surface area contributed by atoms with Crippen molar-refractivity contribution in [2.24, 2.45) is 0 Å². The molecule has 0 radical (unpaired) electrons. The number of hydrogen-bond donors (Lipinski definition) is 1. The lowest BCUT2D eigenvalue weighted by Crippen LogP contribution is -2.30. The smallest absolute Gasteiger partial charge is 0.230 e. The molecule has 0 saturated heterocycles. The number of carbonyl (C=O) groups is 1. The van der Waals surface area contributed by atoms with E-state index < -0.39 is 0 Å². The molecule has 0 atom stereocenters. The number of nitrogens with one attached hydrogen (secondary N) is 1. The zero-order chi connectivity index (χ0) is 21.5. The van der Waals surface area contributed by atoms with Gasteiger partial charge in [-0.15, -0.1) is 11.3 Å². The Morgan fingerprint density at radius 3 is 2.53 bits per heavy atom. The summed E-state index contributed by atoms with van der Waals surface area (Å²) in [7, 11) is 0. The van der Waals surface area contributed by atoms with Gasteiger partial charge in [-0.05, 0) is 64.1 Å². The zero-order valence-electron chi connectivity index (χ0n) is 18.0. The Kier molecular flexibility index (Phi) is 7.46. The van der Waals surface area contributed by atoms with Crippen molar-refractivity contribution in [3.05, 3.63) is 59.6 Å². The van der Waals surface area contributed by atoms with Crippen molar-refractivity contribution in [1.29, 1.82) is 0 Å². The zero-order valence-corrected chi connectivity index (χ0v) is 18.8. The van der Waals surface area contributed by atoms with Crippen LogP contribution in [0.3, 0.4) is 0 Å². The highest BCUT2D eigenvalue weighted by molar-refractivity contribution is 7.13. The van der Waals surface area contributed by atoms with E-state index in [1.54, 1.807) is 0 Å². The molecule has 0 saturated carbocycles. The van der Waals surface area contributed by atoms with E-state index in [1.807, 2.05) is 60.8 Å². The molecule has 0 aliphatic carbocycles. The molecule has 0 bridgehead atoms. The topological polar surface area (TPSA) is 54.5 Å². The summed E-state index contributed by atoms with van der Waals surface area (Å²) in [5, 5.41) is 5.76. The first kappa shape index (κ1) is 21.8. The van der Waals surface area contributed by atoms with Gasteiger partial charge in [0.15, 0.2) is 0 Å². The minimum Gasteiger partial charge on any atom is -0.493 e. The summed E-state index contributed by atoms with van der Waals surface area (Å²) < 4.78 is 5.69. The number of carbonyl (C=O) groups excluding carboxylic acids is 1. The number of benzene rings is 2. The number of anilines is 2. The number of aromatic nitrogens is 1. The molecule has 158 valence electrons. The van der Waals surface area contributed by atoms with Gasteiger partial charge in [0.1, 0.15) is 10.8 Å². The number of amides is 1. The maximum atomic E-state index is 12.5. The fourth-order valence-corrected chi connectivity index (χ4v) is 4.24. The maximum Gasteiger partial charge on any atom is 0.230 e. The van der Waals surface area contributed by atoms with Gasteiger partial charge in [-0.3, -0.25) is 4.79 Å². The summed E-state index contributed by atoms with van der Waals surface area (Å²) in [4.78, 5) is 19.5. The van der Waals surface area contributed by atoms with Crippen molar-refractivity contribution in [1.82, 2.24) is 4.98 Å². The number of ether oxygens (including phenoxy) is 1. The molecule has 0 unspecified atom stereocenters. The SMILES string of the molecule is CCOc1ccccc1-c1nc(CC(=O)Nc2ccc(N(CC)C(C)C)cc2)cs1. The highest BCUT2D eigenvalue weighted by Gasteiger charge is 2.13. The predicted molar refractivity (Wildman–Crippen MR) is 126 cm³/mol. The molecule has 30 heavy (non-hydrogen) atoms. The van der Waals surface area contributed by atoms with Gasteiger partial charge in [-0.2, -0.15) is 0 Å². The Morgan fingerprint density at radius 2 is 1.87 bits per heavy atom. The fourth-order valence-electron chi connectivity index (χ4n) is 3.39. The first-order valence-electron chi connectivity index (χ1n) is 10.3. The minimum absolute atomic E-state index is 0.0751. The first-order chi connectivity index (χ1) is 14.5. The van der Waals surface area contributed by atoms with Crippen molar-refractivity contribution < 1.29 is 9.53 Å². The second kappa shape index (κ2) is 10.3. The summed E-state index contributed by atoms with van der Waals surface area (Å²) in [6.07, 6.45) is 0.238. The highest BCUT2D eigenvalue weighted by atomic mass is 32.1. The van der Waals surface area contributed by atoms with Crippen LogP contribution in [-0.4, -0.2) is 30.1 Å². The van der Waals surface area contributed by atoms with Crippen LogP contribution in [0.4, 0.5) is 11.4 Å². The molecule has 3 rings (SSSR count). The average Bonchev–Trinajstić information content (AvgIpc) is 3.18. The van der Waals surface area contributed by atoms with Crippen LogP contribution in [0.5, 0.6) is 5.75 Å². The molecule has 0 spiro atoms. The van der Waals surface area contributed by atoms with Crippen LogP contribution in [0.1, 0.15) is 33.4 Å². The van der Waals surface area contributed by atoms with E-state index in [1.165, 1.54) is 11.3 Å². The van der Waals surface area contributed by atoms with Gasteiger partial charge in [0.05, 0.1) is 24.3 Å². The lowest BCUT2D eigenvalue weighted by molar-refractivity contribution is -0.115. The van der Waals surface area contributed by atoms with Crippen LogP contribution in [0.2, 0.25) is 0 Å². The van der Waals surface area contributed by atoms with Gasteiger partial charge in [0.2, 0.25) is 5.91 Å². The molecule has 0 aliphatic heterocycles. The van der Waals surface area contributed by atoms with E-state index in [2.05, 4.69) is 36.0 Å². The van der Waals surface area contributed by atoms with E-state index in [9.17, 15) is 4.79 Å². The monoisotopic (exact) mass is 423 g/mol. The Balaban J connectivity index is 1.64. The molecule has 1 N–H and O–H groups in total. The number of nitrogens with zero attached hydrogens (tertiary/aromatic N) is 2. The normalized spacial score (nSPS) is 10.8. The van der Waals surface area contributed by atoms with E-state index in [4.69, 9.17) is 4.74 Å². The van der Waals surface area contributed by atoms with Crippen LogP contribution in [0.15, 0.2) is 53.9 Å². The third kappa shape index (κ3) is 5.39. The van der Waals surface area contributed by atoms with Gasteiger partial charge >= 0.3 is 0 Å². The van der Waals surface area contributed by atoms with Gasteiger partial charge in [0.25, 0.3) is 0 Å². The second-order valence-electron chi connectivity index (χ2n) is 7.22. The number of thiazole rings is 1. The van der Waals surface area contributed by atoms with E-state index in [0.717, 1.165) is 39.9 Å². The quantitative estimate of drug-likeness (QED) is 0.485. The van der Waals surface area contributed by atoms with Crippen LogP contribution in [0.25, 0.3) is 10.6 Å². The molecule has 0 aliphatic rings. The Bertz CT molecular complexity index is 967. The molecule has 5 nitrogen and oxygen atoms in total. The van der Waals surface area contributed by atoms with Crippen LogP contribution < -0.4 is 15.0 Å². The summed E-state index contributed by atoms with van der Waals surface area (Å²) in [5.74, 6) is 0.738. The molecule has 2 aromatic carbocycles. The molecule has 1 amide bonds. The van der Waals surface area contributed by atoms with Gasteiger partial charge in [0, 0.05) is 29.3 Å². The molecule has 3 aromatic rings. The van der Waals surface area contributed by atoms with Crippen LogP contribution in [-0.2, 0) is 11.2 Å². The Morgan fingerprint density at radius 1 is 1.13 bits per heavy atom. The Hall–Kier alpha value is -2.86. The lowest BCUT2D eigenvalue weighted by atomic mass is 10.2. The summed E-state index contributed by atoms with van der Waals surface area (Å²) >= 11 is 1.52. The molecule has 1 heterocycles. The Labute approximate surface area is 182 Å². The third-order valence-corrected chi connectivity index (χ3v) is 5.68. The molecule has 1 aromatic heterocycles. The van der Waals surface area contributed by atoms with E-state index in [-0.39, 0.29) is 12.3 Å². The lowest BCUT2D eigenvalue weighted by Gasteiger charge is -2.27. The maximum absolute atomic E-state index is 12.5. The minimum atomic E-state index is -0.0751. The van der Waals surface area contributed by atoms with Gasteiger partial charge < -0.3 is 15.0 Å². The van der Waals surface area contributed by atoms with Gasteiger partial charge in [-0.1, -0.05) is 12.1 Å². The molecular formula is C24H29N3O2S. The molecule has 0 fully saturated rings. The first-order valence-corrected chi connectivity index (χ1v) is 11.2. The van der Waals surface area contributed by atoms with Gasteiger partial charge in [-0.25, -0.2) is 4.98 Å². The number of para-hydroxylation sites is 1. The average molecular weight is 424 g/mol. The van der Waals surface area contributed by atoms with Crippen molar-refractivity contribution in [2.45, 2.75) is 40.2 Å². The van der Waals surface area contributed by atoms with E-state index >= 15 is 0 Å².